The maximum Gasteiger partial charge on any atom is 0.328 e. The summed E-state index contributed by atoms with van der Waals surface area (Å²) in [5.41, 5.74) is 0.648. The topological polar surface area (TPSA) is 129 Å². The third-order valence-electron chi connectivity index (χ3n) is 4.45. The molecule has 0 saturated heterocycles. The summed E-state index contributed by atoms with van der Waals surface area (Å²) < 4.78 is 6.71. The molecule has 3 aromatic rings. The number of carbonyl (C=O) groups is 2. The summed E-state index contributed by atoms with van der Waals surface area (Å²) in [5.74, 6) is -1.19. The molecule has 1 unspecified atom stereocenters. The van der Waals surface area contributed by atoms with Crippen LogP contribution in [-0.4, -0.2) is 44.2 Å². The molecule has 1 heterocycles. The number of benzene rings is 2. The Kier molecular flexibility index (Phi) is 7.55. The summed E-state index contributed by atoms with van der Waals surface area (Å²) in [5, 5.41) is 22.4. The van der Waals surface area contributed by atoms with Gasteiger partial charge in [0.25, 0.3) is 11.6 Å². The number of nitrogens with zero attached hydrogens (tertiary/aromatic N) is 4. The lowest BCUT2D eigenvalue weighted by atomic mass is 10.1. The summed E-state index contributed by atoms with van der Waals surface area (Å²) in [4.78, 5) is 36.6. The van der Waals surface area contributed by atoms with E-state index in [1.807, 2.05) is 30.3 Å². The van der Waals surface area contributed by atoms with Gasteiger partial charge in [-0.25, -0.2) is 4.79 Å². The van der Waals surface area contributed by atoms with Crippen molar-refractivity contribution in [3.63, 3.8) is 0 Å². The van der Waals surface area contributed by atoms with E-state index in [0.717, 1.165) is 17.3 Å². The maximum absolute atomic E-state index is 12.8. The van der Waals surface area contributed by atoms with Crippen LogP contribution in [0.2, 0.25) is 0 Å². The van der Waals surface area contributed by atoms with Crippen LogP contribution in [0.3, 0.4) is 0 Å². The number of nitrogens with one attached hydrogen (secondary N) is 1. The van der Waals surface area contributed by atoms with Gasteiger partial charge in [0.15, 0.2) is 5.16 Å². The van der Waals surface area contributed by atoms with Gasteiger partial charge in [-0.15, -0.1) is 10.2 Å². The van der Waals surface area contributed by atoms with Crippen molar-refractivity contribution in [1.29, 1.82) is 0 Å². The highest BCUT2D eigenvalue weighted by Gasteiger charge is 2.25. The first kappa shape index (κ1) is 22.9. The molecule has 0 bridgehead atoms. The van der Waals surface area contributed by atoms with Crippen LogP contribution in [0, 0.1) is 10.1 Å². The highest BCUT2D eigenvalue weighted by Crippen LogP contribution is 2.34. The third-order valence-corrected chi connectivity index (χ3v) is 5.57. The van der Waals surface area contributed by atoms with Crippen LogP contribution >= 0.6 is 11.8 Å². The Bertz CT molecular complexity index is 1120. The Morgan fingerprint density at radius 2 is 2.00 bits per heavy atom. The molecule has 32 heavy (non-hydrogen) atoms. The number of hydrogen-bond acceptors (Lipinski definition) is 8. The van der Waals surface area contributed by atoms with Crippen molar-refractivity contribution in [1.82, 2.24) is 20.1 Å². The number of hydrogen-bond donors (Lipinski definition) is 1. The van der Waals surface area contributed by atoms with Crippen molar-refractivity contribution in [3.05, 3.63) is 76.1 Å². The van der Waals surface area contributed by atoms with E-state index in [2.05, 4.69) is 15.5 Å². The lowest BCUT2D eigenvalue weighted by Crippen LogP contribution is -2.43. The van der Waals surface area contributed by atoms with Gasteiger partial charge in [0.2, 0.25) is 0 Å². The molecule has 1 amide bonds. The first-order valence-corrected chi connectivity index (χ1v) is 10.5. The molecule has 3 rings (SSSR count). The van der Waals surface area contributed by atoms with E-state index in [1.54, 1.807) is 18.5 Å². The average Bonchev–Trinajstić information content (AvgIpc) is 3.18. The standard InChI is InChI=1S/C21H21N5O5S/c1-3-31-20(28)16(11-14-7-5-4-6-8-14)23-19(27)15-9-10-18(17(12-15)26(29)30)32-21-24-22-13-25(21)2/h4-10,12-13,16H,3,11H2,1-2H3,(H,23,27). The Morgan fingerprint density at radius 1 is 1.25 bits per heavy atom. The zero-order chi connectivity index (χ0) is 23.1. The second-order valence-electron chi connectivity index (χ2n) is 6.73. The summed E-state index contributed by atoms with van der Waals surface area (Å²) in [7, 11) is 1.72. The number of nitro benzene ring substituents is 1. The van der Waals surface area contributed by atoms with Crippen LogP contribution in [0.4, 0.5) is 5.69 Å². The Morgan fingerprint density at radius 3 is 2.62 bits per heavy atom. The molecule has 166 valence electrons. The average molecular weight is 455 g/mol. The molecular formula is C21H21N5O5S. The third kappa shape index (κ3) is 5.70. The fourth-order valence-corrected chi connectivity index (χ4v) is 3.73. The van der Waals surface area contributed by atoms with E-state index in [0.29, 0.717) is 10.1 Å². The molecule has 10 nitrogen and oxygen atoms in total. The molecule has 0 saturated carbocycles. The number of rotatable bonds is 9. The highest BCUT2D eigenvalue weighted by molar-refractivity contribution is 7.99. The quantitative estimate of drug-likeness (QED) is 0.296. The summed E-state index contributed by atoms with van der Waals surface area (Å²) in [6.07, 6.45) is 1.71. The Balaban J connectivity index is 1.82. The Labute approximate surface area is 188 Å². The molecule has 1 atom stereocenters. The van der Waals surface area contributed by atoms with Crippen LogP contribution in [0.15, 0.2) is 64.9 Å². The number of nitro groups is 1. The van der Waals surface area contributed by atoms with E-state index < -0.39 is 22.8 Å². The first-order valence-electron chi connectivity index (χ1n) is 9.70. The van der Waals surface area contributed by atoms with Gasteiger partial charge in [0, 0.05) is 25.1 Å². The van der Waals surface area contributed by atoms with Crippen molar-refractivity contribution >= 4 is 29.3 Å². The number of carbonyl (C=O) groups excluding carboxylic acids is 2. The van der Waals surface area contributed by atoms with Crippen molar-refractivity contribution in [2.45, 2.75) is 29.4 Å². The van der Waals surface area contributed by atoms with Crippen LogP contribution < -0.4 is 5.32 Å². The molecule has 0 aliphatic rings. The molecule has 1 N–H and O–H groups in total. The second kappa shape index (κ2) is 10.5. The van der Waals surface area contributed by atoms with Gasteiger partial charge < -0.3 is 14.6 Å². The number of esters is 1. The van der Waals surface area contributed by atoms with E-state index in [4.69, 9.17) is 4.74 Å². The summed E-state index contributed by atoms with van der Waals surface area (Å²) >= 11 is 1.07. The molecule has 0 aliphatic heterocycles. The van der Waals surface area contributed by atoms with Crippen molar-refractivity contribution < 1.29 is 19.2 Å². The normalized spacial score (nSPS) is 11.6. The van der Waals surface area contributed by atoms with Gasteiger partial charge in [0.05, 0.1) is 16.4 Å². The molecule has 2 aromatic carbocycles. The zero-order valence-electron chi connectivity index (χ0n) is 17.4. The highest BCUT2D eigenvalue weighted by atomic mass is 32.2. The van der Waals surface area contributed by atoms with Gasteiger partial charge >= 0.3 is 5.97 Å². The SMILES string of the molecule is CCOC(=O)C(Cc1ccccc1)NC(=O)c1ccc(Sc2nncn2C)c([N+](=O)[O-])c1. The largest absolute Gasteiger partial charge is 0.464 e. The lowest BCUT2D eigenvalue weighted by Gasteiger charge is -2.17. The van der Waals surface area contributed by atoms with Crippen LogP contribution in [-0.2, 0) is 23.0 Å². The molecule has 0 fully saturated rings. The minimum absolute atomic E-state index is 0.0568. The molecule has 0 radical (unpaired) electrons. The van der Waals surface area contributed by atoms with Crippen LogP contribution in [0.1, 0.15) is 22.8 Å². The van der Waals surface area contributed by atoms with E-state index >= 15 is 0 Å². The predicted octanol–water partition coefficient (Wildman–Crippen LogP) is 2.78. The van der Waals surface area contributed by atoms with Crippen molar-refractivity contribution in [2.24, 2.45) is 7.05 Å². The fraction of sp³-hybridized carbons (Fsp3) is 0.238. The van der Waals surface area contributed by atoms with E-state index in [-0.39, 0.29) is 24.3 Å². The van der Waals surface area contributed by atoms with Gasteiger partial charge in [0.1, 0.15) is 12.4 Å². The fourth-order valence-electron chi connectivity index (χ4n) is 2.88. The number of aromatic nitrogens is 3. The second-order valence-corrected chi connectivity index (χ2v) is 7.74. The lowest BCUT2D eigenvalue weighted by molar-refractivity contribution is -0.387. The van der Waals surface area contributed by atoms with E-state index in [1.165, 1.54) is 24.5 Å². The number of aryl methyl sites for hydroxylation is 1. The Hall–Kier alpha value is -3.73. The maximum atomic E-state index is 12.8. The molecule has 1 aromatic heterocycles. The van der Waals surface area contributed by atoms with E-state index in [9.17, 15) is 19.7 Å². The number of amides is 1. The van der Waals surface area contributed by atoms with Gasteiger partial charge in [-0.1, -0.05) is 30.3 Å². The monoisotopic (exact) mass is 455 g/mol. The van der Waals surface area contributed by atoms with Gasteiger partial charge in [-0.2, -0.15) is 0 Å². The minimum Gasteiger partial charge on any atom is -0.464 e. The summed E-state index contributed by atoms with van der Waals surface area (Å²) in [6.45, 7) is 1.84. The van der Waals surface area contributed by atoms with Crippen LogP contribution in [0.5, 0.6) is 0 Å². The first-order chi connectivity index (χ1) is 15.4. The predicted molar refractivity (Wildman–Crippen MR) is 116 cm³/mol. The zero-order valence-corrected chi connectivity index (χ0v) is 18.2. The minimum atomic E-state index is -0.934. The molecule has 0 aliphatic carbocycles. The van der Waals surface area contributed by atoms with Crippen molar-refractivity contribution in [2.75, 3.05) is 6.61 Å². The van der Waals surface area contributed by atoms with Gasteiger partial charge in [-0.3, -0.25) is 14.9 Å². The molecule has 11 heteroatoms. The smallest absolute Gasteiger partial charge is 0.328 e. The molecular weight excluding hydrogens is 434 g/mol. The number of ether oxygens (including phenoxy) is 1. The summed E-state index contributed by atoms with van der Waals surface area (Å²) in [6, 6.07) is 12.4. The molecule has 0 spiro atoms. The van der Waals surface area contributed by atoms with Crippen LogP contribution in [0.25, 0.3) is 0 Å². The van der Waals surface area contributed by atoms with Crippen molar-refractivity contribution in [3.8, 4) is 0 Å². The van der Waals surface area contributed by atoms with Gasteiger partial charge in [-0.05, 0) is 36.4 Å².